The van der Waals surface area contributed by atoms with Gasteiger partial charge in [-0.2, -0.15) is 5.10 Å². The van der Waals surface area contributed by atoms with E-state index in [4.69, 9.17) is 4.42 Å². The molecule has 10 heteroatoms. The Labute approximate surface area is 125 Å². The van der Waals surface area contributed by atoms with E-state index in [9.17, 15) is 13.2 Å². The van der Waals surface area contributed by atoms with Crippen LogP contribution in [-0.2, 0) is 16.6 Å². The molecule has 3 rings (SSSR count). The molecule has 0 aliphatic rings. The molecule has 2 N–H and O–H groups in total. The number of nitrogens with one attached hydrogen (secondary N) is 2. The highest BCUT2D eigenvalue weighted by molar-refractivity contribution is 7.89. The highest BCUT2D eigenvalue weighted by atomic mass is 32.2. The molecule has 0 radical (unpaired) electrons. The van der Waals surface area contributed by atoms with Crippen molar-refractivity contribution < 1.29 is 12.8 Å². The Hall–Kier alpha value is -2.46. The van der Waals surface area contributed by atoms with Crippen LogP contribution in [0.15, 0.2) is 45.0 Å². The zero-order valence-electron chi connectivity index (χ0n) is 11.4. The van der Waals surface area contributed by atoms with Gasteiger partial charge >= 0.3 is 5.76 Å². The molecule has 0 aliphatic heterocycles. The molecule has 0 unspecified atom stereocenters. The van der Waals surface area contributed by atoms with E-state index in [0.29, 0.717) is 24.1 Å². The van der Waals surface area contributed by atoms with E-state index in [1.807, 2.05) is 0 Å². The third kappa shape index (κ3) is 3.07. The average molecular weight is 323 g/mol. The SMILES string of the molecule is O=c1[nH]c2cc(S(=O)(=O)NCCCn3cncn3)ccc2o1. The van der Waals surface area contributed by atoms with E-state index < -0.39 is 15.8 Å². The van der Waals surface area contributed by atoms with Crippen molar-refractivity contribution in [2.24, 2.45) is 0 Å². The lowest BCUT2D eigenvalue weighted by atomic mass is 10.3. The smallest absolute Gasteiger partial charge is 0.408 e. The molecule has 1 aromatic carbocycles. The van der Waals surface area contributed by atoms with E-state index in [1.165, 1.54) is 24.5 Å². The van der Waals surface area contributed by atoms with Crippen molar-refractivity contribution in [1.29, 1.82) is 0 Å². The monoisotopic (exact) mass is 323 g/mol. The fourth-order valence-corrected chi connectivity index (χ4v) is 3.08. The van der Waals surface area contributed by atoms with Crippen LogP contribution in [0.3, 0.4) is 0 Å². The lowest BCUT2D eigenvalue weighted by molar-refractivity contribution is 0.552. The van der Waals surface area contributed by atoms with Gasteiger partial charge in [0.05, 0.1) is 10.4 Å². The third-order valence-corrected chi connectivity index (χ3v) is 4.48. The fourth-order valence-electron chi connectivity index (χ4n) is 1.98. The van der Waals surface area contributed by atoms with Gasteiger partial charge in [0.15, 0.2) is 5.58 Å². The fraction of sp³-hybridized carbons (Fsp3) is 0.250. The van der Waals surface area contributed by atoms with Gasteiger partial charge in [-0.05, 0) is 24.6 Å². The van der Waals surface area contributed by atoms with Crippen molar-refractivity contribution in [3.05, 3.63) is 41.4 Å². The first-order chi connectivity index (χ1) is 10.5. The number of H-pyrrole nitrogens is 1. The molecule has 2 aromatic heterocycles. The molecule has 0 amide bonds. The molecule has 0 atom stereocenters. The van der Waals surface area contributed by atoms with E-state index >= 15 is 0 Å². The van der Waals surface area contributed by atoms with E-state index in [1.54, 1.807) is 11.0 Å². The minimum absolute atomic E-state index is 0.0674. The number of hydrogen-bond acceptors (Lipinski definition) is 6. The maximum atomic E-state index is 12.2. The molecule has 0 saturated carbocycles. The summed E-state index contributed by atoms with van der Waals surface area (Å²) >= 11 is 0. The predicted molar refractivity (Wildman–Crippen MR) is 76.7 cm³/mol. The number of aromatic nitrogens is 4. The highest BCUT2D eigenvalue weighted by Gasteiger charge is 2.15. The van der Waals surface area contributed by atoms with Crippen molar-refractivity contribution in [1.82, 2.24) is 24.5 Å². The van der Waals surface area contributed by atoms with Gasteiger partial charge in [-0.3, -0.25) is 9.67 Å². The number of hydrogen-bond donors (Lipinski definition) is 2. The maximum absolute atomic E-state index is 12.2. The summed E-state index contributed by atoms with van der Waals surface area (Å²) in [5, 5.41) is 3.93. The normalized spacial score (nSPS) is 12.0. The van der Waals surface area contributed by atoms with E-state index in [-0.39, 0.29) is 11.4 Å². The summed E-state index contributed by atoms with van der Waals surface area (Å²) in [7, 11) is -3.64. The largest absolute Gasteiger partial charge is 0.417 e. The van der Waals surface area contributed by atoms with Crippen molar-refractivity contribution in [3.63, 3.8) is 0 Å². The summed E-state index contributed by atoms with van der Waals surface area (Å²) in [6.45, 7) is 0.832. The summed E-state index contributed by atoms with van der Waals surface area (Å²) < 4.78 is 33.3. The topological polar surface area (TPSA) is 123 Å². The maximum Gasteiger partial charge on any atom is 0.417 e. The molecule has 22 heavy (non-hydrogen) atoms. The quantitative estimate of drug-likeness (QED) is 0.619. The molecular formula is C12H13N5O4S. The van der Waals surface area contributed by atoms with Crippen LogP contribution in [0, 0.1) is 0 Å². The standard InChI is InChI=1S/C12H13N5O4S/c18-12-16-10-6-9(2-3-11(10)21-12)22(19,20)15-4-1-5-17-8-13-7-14-17/h2-3,6-8,15H,1,4-5H2,(H,16,18). The number of aromatic amines is 1. The van der Waals surface area contributed by atoms with Gasteiger partial charge in [0.2, 0.25) is 10.0 Å². The third-order valence-electron chi connectivity index (χ3n) is 3.02. The second-order valence-corrected chi connectivity index (χ2v) is 6.35. The second kappa shape index (κ2) is 5.73. The zero-order chi connectivity index (χ0) is 15.6. The summed E-state index contributed by atoms with van der Waals surface area (Å²) in [6, 6.07) is 4.19. The summed E-state index contributed by atoms with van der Waals surface area (Å²) in [4.78, 5) is 17.4. The van der Waals surface area contributed by atoms with Crippen LogP contribution in [0.5, 0.6) is 0 Å². The summed E-state index contributed by atoms with van der Waals surface area (Å²) in [6.07, 6.45) is 3.57. The lowest BCUT2D eigenvalue weighted by Crippen LogP contribution is -2.25. The molecule has 3 aromatic rings. The van der Waals surface area contributed by atoms with Crippen LogP contribution in [0.1, 0.15) is 6.42 Å². The number of aryl methyl sites for hydroxylation is 1. The number of nitrogens with zero attached hydrogens (tertiary/aromatic N) is 3. The van der Waals surface area contributed by atoms with Gasteiger partial charge in [0, 0.05) is 13.1 Å². The van der Waals surface area contributed by atoms with E-state index in [2.05, 4.69) is 19.8 Å². The molecule has 0 aliphatic carbocycles. The molecule has 2 heterocycles. The van der Waals surface area contributed by atoms with Gasteiger partial charge in [0.1, 0.15) is 12.7 Å². The van der Waals surface area contributed by atoms with Gasteiger partial charge in [0.25, 0.3) is 0 Å². The molecule has 0 bridgehead atoms. The Balaban J connectivity index is 1.66. The Kier molecular flexibility index (Phi) is 3.77. The predicted octanol–water partition coefficient (Wildman–Crippen LogP) is 0.0812. The van der Waals surface area contributed by atoms with Crippen LogP contribution in [0.2, 0.25) is 0 Å². The summed E-state index contributed by atoms with van der Waals surface area (Å²) in [5.74, 6) is -0.620. The molecule has 0 spiro atoms. The average Bonchev–Trinajstić information content (AvgIpc) is 3.10. The van der Waals surface area contributed by atoms with Gasteiger partial charge in [-0.1, -0.05) is 0 Å². The van der Waals surface area contributed by atoms with Crippen LogP contribution in [-0.4, -0.2) is 34.7 Å². The van der Waals surface area contributed by atoms with Crippen LogP contribution in [0.4, 0.5) is 0 Å². The minimum atomic E-state index is -3.64. The van der Waals surface area contributed by atoms with Gasteiger partial charge in [-0.15, -0.1) is 0 Å². The zero-order valence-corrected chi connectivity index (χ0v) is 12.2. The van der Waals surface area contributed by atoms with Crippen LogP contribution < -0.4 is 10.5 Å². The first kappa shape index (κ1) is 14.5. The number of oxazole rings is 1. The van der Waals surface area contributed by atoms with E-state index in [0.717, 1.165) is 0 Å². The van der Waals surface area contributed by atoms with Crippen molar-refractivity contribution >= 4 is 21.1 Å². The number of benzene rings is 1. The Morgan fingerprint density at radius 3 is 3.00 bits per heavy atom. The highest BCUT2D eigenvalue weighted by Crippen LogP contribution is 2.16. The molecule has 116 valence electrons. The Morgan fingerprint density at radius 1 is 1.36 bits per heavy atom. The first-order valence-corrected chi connectivity index (χ1v) is 7.98. The molecule has 9 nitrogen and oxygen atoms in total. The minimum Gasteiger partial charge on any atom is -0.408 e. The van der Waals surface area contributed by atoms with Gasteiger partial charge < -0.3 is 4.42 Å². The van der Waals surface area contributed by atoms with Crippen LogP contribution >= 0.6 is 0 Å². The number of sulfonamides is 1. The van der Waals surface area contributed by atoms with Crippen molar-refractivity contribution in [2.75, 3.05) is 6.54 Å². The molecule has 0 fully saturated rings. The van der Waals surface area contributed by atoms with Gasteiger partial charge in [-0.25, -0.2) is 22.9 Å². The Morgan fingerprint density at radius 2 is 2.23 bits per heavy atom. The number of fused-ring (bicyclic) bond motifs is 1. The first-order valence-electron chi connectivity index (χ1n) is 6.49. The van der Waals surface area contributed by atoms with Crippen molar-refractivity contribution in [3.8, 4) is 0 Å². The second-order valence-electron chi connectivity index (χ2n) is 4.58. The summed E-state index contributed by atoms with van der Waals surface area (Å²) in [5.41, 5.74) is 0.658. The number of rotatable bonds is 6. The molecule has 0 saturated heterocycles. The molecular weight excluding hydrogens is 310 g/mol. The lowest BCUT2D eigenvalue weighted by Gasteiger charge is -2.06. The van der Waals surface area contributed by atoms with Crippen molar-refractivity contribution in [2.45, 2.75) is 17.9 Å². The Bertz CT molecular complexity index is 926. The van der Waals surface area contributed by atoms with Crippen LogP contribution in [0.25, 0.3) is 11.1 Å².